The Balaban J connectivity index is 1.16. The molecule has 0 spiro atoms. The zero-order valence-electron chi connectivity index (χ0n) is 22.0. The zero-order chi connectivity index (χ0) is 27.2. The highest BCUT2D eigenvalue weighted by Gasteiger charge is 2.23. The molecule has 0 bridgehead atoms. The van der Waals surface area contributed by atoms with Crippen LogP contribution in [0.5, 0.6) is 0 Å². The van der Waals surface area contributed by atoms with Gasteiger partial charge in [0.15, 0.2) is 0 Å². The number of aromatic nitrogens is 2. The second-order valence-corrected chi connectivity index (χ2v) is 12.4. The van der Waals surface area contributed by atoms with E-state index < -0.39 is 10.0 Å². The smallest absolute Gasteiger partial charge is 0.240 e. The Morgan fingerprint density at radius 2 is 1.51 bits per heavy atom. The zero-order valence-corrected chi connectivity index (χ0v) is 23.6. The molecule has 0 atom stereocenters. The number of hydrogen-bond acceptors (Lipinski definition) is 6. The number of nitrogens with one attached hydrogen (secondary N) is 3. The van der Waals surface area contributed by atoms with Crippen LogP contribution in [0.3, 0.4) is 0 Å². The van der Waals surface area contributed by atoms with Crippen LogP contribution in [0, 0.1) is 11.8 Å². The minimum absolute atomic E-state index is 0.243. The normalized spacial score (nSPS) is 17.7. The molecule has 3 aromatic carbocycles. The van der Waals surface area contributed by atoms with Crippen molar-refractivity contribution in [3.05, 3.63) is 83.4 Å². The first-order valence-corrected chi connectivity index (χ1v) is 15.4. The van der Waals surface area contributed by atoms with Crippen LogP contribution in [-0.4, -0.2) is 31.5 Å². The summed E-state index contributed by atoms with van der Waals surface area (Å²) in [5.74, 6) is 2.21. The van der Waals surface area contributed by atoms with Gasteiger partial charge >= 0.3 is 0 Å². The van der Waals surface area contributed by atoms with Crippen LogP contribution in [0.2, 0.25) is 5.02 Å². The van der Waals surface area contributed by atoms with Crippen LogP contribution in [0.1, 0.15) is 38.2 Å². The molecule has 0 unspecified atom stereocenters. The Hall–Kier alpha value is -3.20. The number of aryl methyl sites for hydroxylation is 1. The van der Waals surface area contributed by atoms with E-state index in [0.29, 0.717) is 29.4 Å². The molecule has 1 fully saturated rings. The summed E-state index contributed by atoms with van der Waals surface area (Å²) in [6.45, 7) is 3.38. The summed E-state index contributed by atoms with van der Waals surface area (Å²) in [4.78, 5) is 9.80. The lowest BCUT2D eigenvalue weighted by Gasteiger charge is -2.28. The predicted molar refractivity (Wildman–Crippen MR) is 159 cm³/mol. The molecule has 9 heteroatoms. The highest BCUT2D eigenvalue weighted by molar-refractivity contribution is 7.89. The van der Waals surface area contributed by atoms with Crippen LogP contribution in [0.4, 0.5) is 17.5 Å². The van der Waals surface area contributed by atoms with Gasteiger partial charge in [0, 0.05) is 29.2 Å². The van der Waals surface area contributed by atoms with E-state index in [-0.39, 0.29) is 4.90 Å². The van der Waals surface area contributed by atoms with Gasteiger partial charge in [-0.2, -0.15) is 4.98 Å². The lowest BCUT2D eigenvalue weighted by molar-refractivity contribution is 0.284. The molecule has 1 aliphatic rings. The van der Waals surface area contributed by atoms with Crippen LogP contribution < -0.4 is 15.4 Å². The molecule has 1 heterocycles. The Morgan fingerprint density at radius 1 is 0.846 bits per heavy atom. The van der Waals surface area contributed by atoms with Crippen LogP contribution in [0.25, 0.3) is 10.9 Å². The molecule has 1 saturated carbocycles. The first-order valence-electron chi connectivity index (χ1n) is 13.5. The Kier molecular flexibility index (Phi) is 8.65. The molecule has 4 aromatic rings. The minimum Gasteiger partial charge on any atom is -0.354 e. The van der Waals surface area contributed by atoms with Gasteiger partial charge in [-0.3, -0.25) is 0 Å². The molecule has 0 amide bonds. The molecule has 0 aliphatic heterocycles. The summed E-state index contributed by atoms with van der Waals surface area (Å²) < 4.78 is 28.0. The maximum atomic E-state index is 12.6. The van der Waals surface area contributed by atoms with Gasteiger partial charge < -0.3 is 10.6 Å². The monoisotopic (exact) mass is 563 g/mol. The van der Waals surface area contributed by atoms with Gasteiger partial charge in [0.1, 0.15) is 5.82 Å². The number of sulfonamides is 1. The van der Waals surface area contributed by atoms with E-state index in [0.717, 1.165) is 61.1 Å². The van der Waals surface area contributed by atoms with E-state index in [1.54, 1.807) is 12.1 Å². The van der Waals surface area contributed by atoms with Crippen molar-refractivity contribution in [3.8, 4) is 0 Å². The average Bonchev–Trinajstić information content (AvgIpc) is 2.96. The first-order chi connectivity index (χ1) is 18.9. The van der Waals surface area contributed by atoms with Crippen molar-refractivity contribution in [2.75, 3.05) is 23.7 Å². The maximum absolute atomic E-state index is 12.6. The summed E-state index contributed by atoms with van der Waals surface area (Å²) in [6, 6.07) is 22.7. The Bertz CT molecular complexity index is 1500. The van der Waals surface area contributed by atoms with Crippen molar-refractivity contribution in [2.24, 2.45) is 11.8 Å². The SMILES string of the molecule is CCc1ccc(Nc2nc(NCC3CCC(CNS(=O)(=O)c4ccc(Cl)cc4)CC3)nc3ccccc23)cc1. The maximum Gasteiger partial charge on any atom is 0.240 e. The number of nitrogens with zero attached hydrogens (tertiary/aromatic N) is 2. The average molecular weight is 564 g/mol. The van der Waals surface area contributed by atoms with E-state index in [1.165, 1.54) is 17.7 Å². The number of benzene rings is 3. The van der Waals surface area contributed by atoms with Gasteiger partial charge in [-0.25, -0.2) is 18.1 Å². The van der Waals surface area contributed by atoms with Gasteiger partial charge in [-0.05, 0) is 98.0 Å². The molecule has 1 aromatic heterocycles. The topological polar surface area (TPSA) is 96.0 Å². The molecule has 7 nitrogen and oxygen atoms in total. The van der Waals surface area contributed by atoms with E-state index >= 15 is 0 Å². The van der Waals surface area contributed by atoms with Crippen molar-refractivity contribution < 1.29 is 8.42 Å². The third-order valence-electron chi connectivity index (χ3n) is 7.43. The van der Waals surface area contributed by atoms with Gasteiger partial charge in [-0.1, -0.05) is 42.8 Å². The van der Waals surface area contributed by atoms with Gasteiger partial charge in [-0.15, -0.1) is 0 Å². The van der Waals surface area contributed by atoms with Crippen LogP contribution >= 0.6 is 11.6 Å². The van der Waals surface area contributed by atoms with Gasteiger partial charge in [0.2, 0.25) is 16.0 Å². The first kappa shape index (κ1) is 27.4. The second kappa shape index (κ2) is 12.3. The number of rotatable bonds is 10. The van der Waals surface area contributed by atoms with Gasteiger partial charge in [0.25, 0.3) is 0 Å². The van der Waals surface area contributed by atoms with Crippen molar-refractivity contribution >= 4 is 50.0 Å². The molecule has 0 saturated heterocycles. The fraction of sp³-hybridized carbons (Fsp3) is 0.333. The van der Waals surface area contributed by atoms with Crippen LogP contribution in [-0.2, 0) is 16.4 Å². The molecule has 3 N–H and O–H groups in total. The highest BCUT2D eigenvalue weighted by Crippen LogP contribution is 2.30. The highest BCUT2D eigenvalue weighted by atomic mass is 35.5. The minimum atomic E-state index is -3.53. The fourth-order valence-corrected chi connectivity index (χ4v) is 6.25. The van der Waals surface area contributed by atoms with Crippen molar-refractivity contribution in [1.29, 1.82) is 0 Å². The quantitative estimate of drug-likeness (QED) is 0.197. The second-order valence-electron chi connectivity index (χ2n) is 10.2. The molecule has 204 valence electrons. The van der Waals surface area contributed by atoms with E-state index in [4.69, 9.17) is 21.6 Å². The van der Waals surface area contributed by atoms with Crippen molar-refractivity contribution in [1.82, 2.24) is 14.7 Å². The number of halogens is 1. The molecule has 1 aliphatic carbocycles. The summed E-state index contributed by atoms with van der Waals surface area (Å²) >= 11 is 5.88. The standard InChI is InChI=1S/C30H34ClN5O2S/c1-2-21-11-15-25(16-12-21)34-29-27-5-3-4-6-28(27)35-30(36-29)32-19-22-7-9-23(10-8-22)20-33-39(37,38)26-17-13-24(31)14-18-26/h3-6,11-18,22-23,33H,2,7-10,19-20H2,1H3,(H2,32,34,35,36). The van der Waals surface area contributed by atoms with E-state index in [2.05, 4.69) is 46.5 Å². The fourth-order valence-electron chi connectivity index (χ4n) is 5.01. The van der Waals surface area contributed by atoms with E-state index in [1.807, 2.05) is 24.3 Å². The molecule has 0 radical (unpaired) electrons. The molecule has 5 rings (SSSR count). The van der Waals surface area contributed by atoms with Crippen molar-refractivity contribution in [2.45, 2.75) is 43.9 Å². The summed E-state index contributed by atoms with van der Waals surface area (Å²) in [5.41, 5.74) is 3.18. The Morgan fingerprint density at radius 3 is 2.21 bits per heavy atom. The summed E-state index contributed by atoms with van der Waals surface area (Å²) in [5, 5.41) is 8.43. The largest absolute Gasteiger partial charge is 0.354 e. The number of anilines is 3. The summed E-state index contributed by atoms with van der Waals surface area (Å²) in [6.07, 6.45) is 5.03. The third kappa shape index (κ3) is 7.06. The molecular weight excluding hydrogens is 530 g/mol. The Labute approximate surface area is 235 Å². The lowest BCUT2D eigenvalue weighted by Crippen LogP contribution is -2.32. The number of para-hydroxylation sites is 1. The van der Waals surface area contributed by atoms with Gasteiger partial charge in [0.05, 0.1) is 10.4 Å². The number of hydrogen-bond donors (Lipinski definition) is 3. The molecular formula is C30H34ClN5O2S. The van der Waals surface area contributed by atoms with Crippen LogP contribution in [0.15, 0.2) is 77.7 Å². The van der Waals surface area contributed by atoms with Crippen molar-refractivity contribution in [3.63, 3.8) is 0 Å². The summed E-state index contributed by atoms with van der Waals surface area (Å²) in [7, 11) is -3.53. The number of fused-ring (bicyclic) bond motifs is 1. The lowest BCUT2D eigenvalue weighted by atomic mass is 9.82. The van der Waals surface area contributed by atoms with E-state index in [9.17, 15) is 8.42 Å². The third-order valence-corrected chi connectivity index (χ3v) is 9.12. The molecule has 39 heavy (non-hydrogen) atoms. The predicted octanol–water partition coefficient (Wildman–Crippen LogP) is 6.79.